The number of aliphatic carboxylic acids is 1. The van der Waals surface area contributed by atoms with Crippen LogP contribution < -0.4 is 5.32 Å². The molecule has 0 saturated carbocycles. The molecule has 16 heavy (non-hydrogen) atoms. The number of hydrogen-bond acceptors (Lipinski definition) is 2. The van der Waals surface area contributed by atoms with E-state index in [2.05, 4.69) is 5.32 Å². The standard InChI is InChI=1S/C11H11Cl2NO2/c12-6-1-2-10(13)7(3-6)8-4-14-5-9(8)11(15)16/h1-3,8-9,14H,4-5H2,(H,15,16)/t8-,9+/m0/s1. The highest BCUT2D eigenvalue weighted by molar-refractivity contribution is 6.33. The molecule has 5 heteroatoms. The van der Waals surface area contributed by atoms with Gasteiger partial charge in [-0.05, 0) is 23.8 Å². The van der Waals surface area contributed by atoms with E-state index in [4.69, 9.17) is 28.3 Å². The first kappa shape index (κ1) is 11.7. The van der Waals surface area contributed by atoms with Crippen LogP contribution in [0, 0.1) is 5.92 Å². The quantitative estimate of drug-likeness (QED) is 0.858. The van der Waals surface area contributed by atoms with Gasteiger partial charge in [0, 0.05) is 29.1 Å². The predicted molar refractivity (Wildman–Crippen MR) is 63.2 cm³/mol. The Balaban J connectivity index is 2.35. The van der Waals surface area contributed by atoms with E-state index in [-0.39, 0.29) is 5.92 Å². The Hall–Kier alpha value is -0.770. The van der Waals surface area contributed by atoms with Crippen molar-refractivity contribution in [3.8, 4) is 0 Å². The van der Waals surface area contributed by atoms with Crippen LogP contribution >= 0.6 is 23.2 Å². The van der Waals surface area contributed by atoms with Crippen molar-refractivity contribution in [2.24, 2.45) is 5.92 Å². The van der Waals surface area contributed by atoms with Gasteiger partial charge in [0.2, 0.25) is 0 Å². The summed E-state index contributed by atoms with van der Waals surface area (Å²) in [6.07, 6.45) is 0. The van der Waals surface area contributed by atoms with Crippen LogP contribution in [-0.4, -0.2) is 24.2 Å². The summed E-state index contributed by atoms with van der Waals surface area (Å²) in [5, 5.41) is 13.3. The minimum atomic E-state index is -0.800. The van der Waals surface area contributed by atoms with Crippen LogP contribution in [0.5, 0.6) is 0 Å². The number of halogens is 2. The fourth-order valence-corrected chi connectivity index (χ4v) is 2.50. The summed E-state index contributed by atoms with van der Waals surface area (Å²) in [5.41, 5.74) is 0.812. The van der Waals surface area contributed by atoms with E-state index in [1.165, 1.54) is 0 Å². The Kier molecular flexibility index (Phi) is 3.38. The van der Waals surface area contributed by atoms with Crippen molar-refractivity contribution in [3.05, 3.63) is 33.8 Å². The molecule has 0 amide bonds. The Morgan fingerprint density at radius 2 is 2.12 bits per heavy atom. The van der Waals surface area contributed by atoms with Crippen molar-refractivity contribution in [3.63, 3.8) is 0 Å². The van der Waals surface area contributed by atoms with Gasteiger partial charge in [-0.1, -0.05) is 23.2 Å². The summed E-state index contributed by atoms with van der Waals surface area (Å²) in [6.45, 7) is 1.10. The molecule has 0 spiro atoms. The Labute approximate surface area is 103 Å². The van der Waals surface area contributed by atoms with Crippen molar-refractivity contribution >= 4 is 29.2 Å². The van der Waals surface area contributed by atoms with Crippen molar-refractivity contribution in [1.29, 1.82) is 0 Å². The molecule has 1 aliphatic rings. The van der Waals surface area contributed by atoms with Crippen molar-refractivity contribution < 1.29 is 9.90 Å². The third-order valence-electron chi connectivity index (χ3n) is 2.89. The molecule has 1 fully saturated rings. The molecule has 0 unspecified atom stereocenters. The monoisotopic (exact) mass is 259 g/mol. The molecule has 2 rings (SSSR count). The summed E-state index contributed by atoms with van der Waals surface area (Å²) in [6, 6.07) is 5.15. The van der Waals surface area contributed by atoms with Crippen LogP contribution in [0.4, 0.5) is 0 Å². The lowest BCUT2D eigenvalue weighted by atomic mass is 9.89. The minimum absolute atomic E-state index is 0.108. The molecular formula is C11H11Cl2NO2. The molecule has 86 valence electrons. The first-order valence-corrected chi connectivity index (χ1v) is 5.73. The molecule has 0 bridgehead atoms. The van der Waals surface area contributed by atoms with Gasteiger partial charge in [0.05, 0.1) is 5.92 Å². The first-order valence-electron chi connectivity index (χ1n) is 4.98. The summed E-state index contributed by atoms with van der Waals surface area (Å²) >= 11 is 12.0. The average Bonchev–Trinajstić information content (AvgIpc) is 2.70. The fourth-order valence-electron chi connectivity index (χ4n) is 2.06. The SMILES string of the molecule is O=C(O)[C@@H]1CNC[C@H]1c1cc(Cl)ccc1Cl. The maximum absolute atomic E-state index is 11.1. The predicted octanol–water partition coefficient (Wildman–Crippen LogP) is 2.38. The molecule has 2 atom stereocenters. The second-order valence-electron chi connectivity index (χ2n) is 3.88. The second-order valence-corrected chi connectivity index (χ2v) is 4.72. The molecule has 1 aromatic carbocycles. The first-order chi connectivity index (χ1) is 7.59. The molecule has 1 aromatic rings. The highest BCUT2D eigenvalue weighted by Gasteiger charge is 2.34. The number of nitrogens with one attached hydrogen (secondary N) is 1. The number of hydrogen-bond donors (Lipinski definition) is 2. The zero-order valence-corrected chi connectivity index (χ0v) is 9.92. The molecule has 2 N–H and O–H groups in total. The third-order valence-corrected chi connectivity index (χ3v) is 3.47. The van der Waals surface area contributed by atoms with Gasteiger partial charge < -0.3 is 10.4 Å². The molecule has 3 nitrogen and oxygen atoms in total. The smallest absolute Gasteiger partial charge is 0.308 e. The topological polar surface area (TPSA) is 49.3 Å². The highest BCUT2D eigenvalue weighted by atomic mass is 35.5. The number of benzene rings is 1. The molecule has 0 aromatic heterocycles. The van der Waals surface area contributed by atoms with Gasteiger partial charge in [0.25, 0.3) is 0 Å². The highest BCUT2D eigenvalue weighted by Crippen LogP contribution is 2.34. The van der Waals surface area contributed by atoms with E-state index >= 15 is 0 Å². The Morgan fingerprint density at radius 3 is 2.81 bits per heavy atom. The molecule has 0 aliphatic carbocycles. The third kappa shape index (κ3) is 2.17. The number of carbonyl (C=O) groups is 1. The Bertz CT molecular complexity index is 422. The van der Waals surface area contributed by atoms with Crippen LogP contribution in [-0.2, 0) is 4.79 Å². The Morgan fingerprint density at radius 1 is 1.38 bits per heavy atom. The van der Waals surface area contributed by atoms with Gasteiger partial charge in [-0.3, -0.25) is 4.79 Å². The molecule has 0 radical (unpaired) electrons. The van der Waals surface area contributed by atoms with E-state index in [9.17, 15) is 4.79 Å². The summed E-state index contributed by atoms with van der Waals surface area (Å²) in [5.74, 6) is -1.34. The van der Waals surface area contributed by atoms with Crippen LogP contribution in [0.25, 0.3) is 0 Å². The van der Waals surface area contributed by atoms with Crippen molar-refractivity contribution in [2.75, 3.05) is 13.1 Å². The lowest BCUT2D eigenvalue weighted by Crippen LogP contribution is -2.21. The van der Waals surface area contributed by atoms with E-state index in [0.717, 1.165) is 5.56 Å². The number of rotatable bonds is 2. The van der Waals surface area contributed by atoms with Gasteiger partial charge >= 0.3 is 5.97 Å². The van der Waals surface area contributed by atoms with Crippen LogP contribution in [0.3, 0.4) is 0 Å². The molecule has 1 heterocycles. The number of carboxylic acid groups (broad SMARTS) is 1. The zero-order valence-electron chi connectivity index (χ0n) is 8.41. The van der Waals surface area contributed by atoms with E-state index < -0.39 is 11.9 Å². The van der Waals surface area contributed by atoms with Crippen molar-refractivity contribution in [1.82, 2.24) is 5.32 Å². The van der Waals surface area contributed by atoms with Gasteiger partial charge in [-0.15, -0.1) is 0 Å². The normalized spacial score (nSPS) is 24.6. The van der Waals surface area contributed by atoms with Crippen LogP contribution in [0.15, 0.2) is 18.2 Å². The molecular weight excluding hydrogens is 249 g/mol. The zero-order chi connectivity index (χ0) is 11.7. The largest absolute Gasteiger partial charge is 0.481 e. The van der Waals surface area contributed by atoms with Gasteiger partial charge in [0.1, 0.15) is 0 Å². The summed E-state index contributed by atoms with van der Waals surface area (Å²) < 4.78 is 0. The second kappa shape index (κ2) is 4.62. The molecule has 1 aliphatic heterocycles. The van der Waals surface area contributed by atoms with E-state index in [0.29, 0.717) is 23.1 Å². The van der Waals surface area contributed by atoms with Crippen molar-refractivity contribution in [2.45, 2.75) is 5.92 Å². The minimum Gasteiger partial charge on any atom is -0.481 e. The number of carboxylic acids is 1. The maximum Gasteiger partial charge on any atom is 0.308 e. The lowest BCUT2D eigenvalue weighted by Gasteiger charge is -2.16. The van der Waals surface area contributed by atoms with Gasteiger partial charge in [0.15, 0.2) is 0 Å². The summed E-state index contributed by atoms with van der Waals surface area (Å²) in [4.78, 5) is 11.1. The average molecular weight is 260 g/mol. The molecule has 1 saturated heterocycles. The van der Waals surface area contributed by atoms with E-state index in [1.54, 1.807) is 18.2 Å². The van der Waals surface area contributed by atoms with Gasteiger partial charge in [-0.2, -0.15) is 0 Å². The fraction of sp³-hybridized carbons (Fsp3) is 0.364. The van der Waals surface area contributed by atoms with Crippen LogP contribution in [0.2, 0.25) is 10.0 Å². The summed E-state index contributed by atoms with van der Waals surface area (Å²) in [7, 11) is 0. The maximum atomic E-state index is 11.1. The van der Waals surface area contributed by atoms with E-state index in [1.807, 2.05) is 0 Å². The van der Waals surface area contributed by atoms with Crippen LogP contribution in [0.1, 0.15) is 11.5 Å². The lowest BCUT2D eigenvalue weighted by molar-refractivity contribution is -0.141. The van der Waals surface area contributed by atoms with Gasteiger partial charge in [-0.25, -0.2) is 0 Å².